The zero-order valence-electron chi connectivity index (χ0n) is 14.3. The van der Waals surface area contributed by atoms with Gasteiger partial charge in [-0.05, 0) is 38.0 Å². The zero-order chi connectivity index (χ0) is 17.1. The molecule has 0 atom stereocenters. The smallest absolute Gasteiger partial charge is 0.409 e. The number of fused-ring (bicyclic) bond motifs is 1. The molecular weight excluding hydrogens is 326 g/mol. The van der Waals surface area contributed by atoms with E-state index in [1.165, 1.54) is 0 Å². The molecule has 1 aliphatic heterocycles. The Morgan fingerprint density at radius 3 is 2.83 bits per heavy atom. The summed E-state index contributed by atoms with van der Waals surface area (Å²) < 4.78 is 11.5. The van der Waals surface area contributed by atoms with E-state index in [4.69, 9.17) is 14.5 Å². The number of piperidine rings is 1. The first-order chi connectivity index (χ1) is 11.6. The van der Waals surface area contributed by atoms with Crippen LogP contribution in [-0.2, 0) is 4.74 Å². The first-order valence-corrected chi connectivity index (χ1v) is 9.03. The van der Waals surface area contributed by atoms with E-state index in [1.807, 2.05) is 25.1 Å². The molecule has 1 fully saturated rings. The zero-order valence-corrected chi connectivity index (χ0v) is 15.1. The Balaban J connectivity index is 1.67. The van der Waals surface area contributed by atoms with Crippen LogP contribution in [-0.4, -0.2) is 55.9 Å². The summed E-state index contributed by atoms with van der Waals surface area (Å²) in [6.45, 7) is 3.72. The number of methoxy groups -OCH3 is 1. The van der Waals surface area contributed by atoms with E-state index in [0.29, 0.717) is 12.6 Å². The van der Waals surface area contributed by atoms with E-state index >= 15 is 0 Å². The molecule has 1 aromatic carbocycles. The van der Waals surface area contributed by atoms with Gasteiger partial charge in [-0.25, -0.2) is 9.78 Å². The van der Waals surface area contributed by atoms with Crippen molar-refractivity contribution in [2.24, 2.45) is 0 Å². The van der Waals surface area contributed by atoms with Gasteiger partial charge in [0.25, 0.3) is 0 Å². The van der Waals surface area contributed by atoms with Crippen LogP contribution >= 0.6 is 11.3 Å². The van der Waals surface area contributed by atoms with E-state index in [0.717, 1.165) is 47.0 Å². The van der Waals surface area contributed by atoms with Gasteiger partial charge in [0.05, 0.1) is 23.9 Å². The Kier molecular flexibility index (Phi) is 5.08. The van der Waals surface area contributed by atoms with Gasteiger partial charge in [0, 0.05) is 26.2 Å². The van der Waals surface area contributed by atoms with Gasteiger partial charge in [-0.3, -0.25) is 0 Å². The molecule has 130 valence electrons. The fourth-order valence-electron chi connectivity index (χ4n) is 2.98. The van der Waals surface area contributed by atoms with Crippen LogP contribution in [0.4, 0.5) is 9.93 Å². The molecule has 0 saturated carbocycles. The van der Waals surface area contributed by atoms with Gasteiger partial charge in [0.1, 0.15) is 5.75 Å². The van der Waals surface area contributed by atoms with Crippen molar-refractivity contribution in [1.29, 1.82) is 0 Å². The van der Waals surface area contributed by atoms with E-state index in [2.05, 4.69) is 11.9 Å². The molecule has 1 aromatic heterocycles. The van der Waals surface area contributed by atoms with Gasteiger partial charge in [-0.2, -0.15) is 0 Å². The third kappa shape index (κ3) is 3.40. The van der Waals surface area contributed by atoms with Gasteiger partial charge in [0.2, 0.25) is 0 Å². The Labute approximate surface area is 146 Å². The summed E-state index contributed by atoms with van der Waals surface area (Å²) in [6, 6.07) is 6.33. The molecule has 0 spiro atoms. The van der Waals surface area contributed by atoms with Crippen molar-refractivity contribution in [3.05, 3.63) is 18.2 Å². The monoisotopic (exact) mass is 349 g/mol. The summed E-state index contributed by atoms with van der Waals surface area (Å²) in [5.74, 6) is 0.850. The maximum absolute atomic E-state index is 11.8. The number of rotatable bonds is 4. The third-order valence-corrected chi connectivity index (χ3v) is 5.53. The third-order valence-electron chi connectivity index (χ3n) is 4.42. The van der Waals surface area contributed by atoms with Crippen molar-refractivity contribution in [2.75, 3.05) is 38.8 Å². The van der Waals surface area contributed by atoms with Gasteiger partial charge >= 0.3 is 6.09 Å². The van der Waals surface area contributed by atoms with Crippen LogP contribution in [0.3, 0.4) is 0 Å². The highest BCUT2D eigenvalue weighted by atomic mass is 32.1. The largest absolute Gasteiger partial charge is 0.497 e. The minimum atomic E-state index is -0.203. The van der Waals surface area contributed by atoms with Crippen LogP contribution < -0.4 is 9.64 Å². The van der Waals surface area contributed by atoms with E-state index < -0.39 is 0 Å². The number of carbonyl (C=O) groups excluding carboxylic acids is 1. The average Bonchev–Trinajstić information content (AvgIpc) is 3.04. The number of hydrogen-bond donors (Lipinski definition) is 0. The quantitative estimate of drug-likeness (QED) is 0.847. The van der Waals surface area contributed by atoms with Crippen molar-refractivity contribution in [3.8, 4) is 5.75 Å². The fraction of sp³-hybridized carbons (Fsp3) is 0.529. The predicted octanol–water partition coefficient (Wildman–Crippen LogP) is 3.36. The van der Waals surface area contributed by atoms with Crippen LogP contribution in [0, 0.1) is 0 Å². The fourth-order valence-corrected chi connectivity index (χ4v) is 4.00. The molecule has 3 rings (SSSR count). The Morgan fingerprint density at radius 2 is 2.17 bits per heavy atom. The highest BCUT2D eigenvalue weighted by Gasteiger charge is 2.27. The number of amides is 1. The van der Waals surface area contributed by atoms with Crippen LogP contribution in [0.5, 0.6) is 5.75 Å². The lowest BCUT2D eigenvalue weighted by atomic mass is 10.0. The van der Waals surface area contributed by atoms with Crippen LogP contribution in [0.25, 0.3) is 10.2 Å². The first kappa shape index (κ1) is 16.8. The maximum Gasteiger partial charge on any atom is 0.409 e. The number of benzene rings is 1. The SMILES string of the molecule is CCOC(=O)N1CCC(N(C)c2nc3ccc(OC)cc3s2)CC1. The van der Waals surface area contributed by atoms with Crippen LogP contribution in [0.1, 0.15) is 19.8 Å². The first-order valence-electron chi connectivity index (χ1n) is 8.21. The number of nitrogens with zero attached hydrogens (tertiary/aromatic N) is 3. The molecule has 7 heteroatoms. The summed E-state index contributed by atoms with van der Waals surface area (Å²) in [4.78, 5) is 20.5. The number of ether oxygens (including phenoxy) is 2. The molecule has 2 heterocycles. The Bertz CT molecular complexity index is 710. The summed E-state index contributed by atoms with van der Waals surface area (Å²) in [6.07, 6.45) is 1.65. The molecule has 1 saturated heterocycles. The number of hydrogen-bond acceptors (Lipinski definition) is 6. The molecule has 0 radical (unpaired) electrons. The number of thiazole rings is 1. The minimum absolute atomic E-state index is 0.203. The van der Waals surface area contributed by atoms with Gasteiger partial charge in [-0.15, -0.1) is 0 Å². The van der Waals surface area contributed by atoms with Crippen molar-refractivity contribution in [2.45, 2.75) is 25.8 Å². The van der Waals surface area contributed by atoms with Crippen molar-refractivity contribution < 1.29 is 14.3 Å². The van der Waals surface area contributed by atoms with Crippen LogP contribution in [0.15, 0.2) is 18.2 Å². The Hall–Kier alpha value is -2.02. The summed E-state index contributed by atoms with van der Waals surface area (Å²) in [7, 11) is 3.76. The second-order valence-electron chi connectivity index (χ2n) is 5.86. The van der Waals surface area contributed by atoms with Crippen molar-refractivity contribution >= 4 is 32.8 Å². The lowest BCUT2D eigenvalue weighted by Crippen LogP contribution is -2.45. The summed E-state index contributed by atoms with van der Waals surface area (Å²) in [5, 5.41) is 1.01. The molecular formula is C17H23N3O3S. The van der Waals surface area contributed by atoms with Gasteiger partial charge in [-0.1, -0.05) is 11.3 Å². The highest BCUT2D eigenvalue weighted by Crippen LogP contribution is 2.33. The second kappa shape index (κ2) is 7.25. The van der Waals surface area contributed by atoms with E-state index in [-0.39, 0.29) is 6.09 Å². The molecule has 1 aliphatic rings. The van der Waals surface area contributed by atoms with Crippen molar-refractivity contribution in [3.63, 3.8) is 0 Å². The predicted molar refractivity (Wildman–Crippen MR) is 96.2 cm³/mol. The van der Waals surface area contributed by atoms with Gasteiger partial charge in [0.15, 0.2) is 5.13 Å². The number of carbonyl (C=O) groups is 1. The maximum atomic E-state index is 11.8. The highest BCUT2D eigenvalue weighted by molar-refractivity contribution is 7.22. The molecule has 0 aliphatic carbocycles. The minimum Gasteiger partial charge on any atom is -0.497 e. The Morgan fingerprint density at radius 1 is 1.42 bits per heavy atom. The molecule has 24 heavy (non-hydrogen) atoms. The molecule has 0 N–H and O–H groups in total. The van der Waals surface area contributed by atoms with Gasteiger partial charge < -0.3 is 19.3 Å². The van der Waals surface area contributed by atoms with Crippen LogP contribution in [0.2, 0.25) is 0 Å². The lowest BCUT2D eigenvalue weighted by molar-refractivity contribution is 0.0971. The second-order valence-corrected chi connectivity index (χ2v) is 6.87. The lowest BCUT2D eigenvalue weighted by Gasteiger charge is -2.36. The average molecular weight is 349 g/mol. The summed E-state index contributed by atoms with van der Waals surface area (Å²) in [5.41, 5.74) is 0.992. The molecule has 6 nitrogen and oxygen atoms in total. The normalized spacial score (nSPS) is 15.5. The molecule has 1 amide bonds. The number of likely N-dealkylation sites (tertiary alicyclic amines) is 1. The summed E-state index contributed by atoms with van der Waals surface area (Å²) >= 11 is 1.67. The molecule has 0 unspecified atom stereocenters. The van der Waals surface area contributed by atoms with E-state index in [9.17, 15) is 4.79 Å². The number of aromatic nitrogens is 1. The number of anilines is 1. The topological polar surface area (TPSA) is 54.9 Å². The van der Waals surface area contributed by atoms with Crippen molar-refractivity contribution in [1.82, 2.24) is 9.88 Å². The van der Waals surface area contributed by atoms with E-state index in [1.54, 1.807) is 23.3 Å². The standard InChI is InChI=1S/C17H23N3O3S/c1-4-23-17(21)20-9-7-12(8-10-20)19(2)16-18-14-6-5-13(22-3)11-15(14)24-16/h5-6,11-12H,4,7-10H2,1-3H3. The molecule has 0 bridgehead atoms. The molecule has 2 aromatic rings.